The minimum atomic E-state index is -0.0796. The van der Waals surface area contributed by atoms with Gasteiger partial charge < -0.3 is 15.6 Å². The van der Waals surface area contributed by atoms with Crippen molar-refractivity contribution in [2.45, 2.75) is 20.8 Å². The number of nitrogens with zero attached hydrogens (tertiary/aromatic N) is 2. The molecule has 0 saturated heterocycles. The van der Waals surface area contributed by atoms with Crippen LogP contribution in [-0.2, 0) is 0 Å². The molecule has 0 atom stereocenters. The van der Waals surface area contributed by atoms with Crippen molar-refractivity contribution in [3.05, 3.63) is 30.1 Å². The number of aromatic nitrogens is 2. The molecule has 5 nitrogen and oxygen atoms in total. The Morgan fingerprint density at radius 3 is 2.85 bits per heavy atom. The third-order valence-corrected chi connectivity index (χ3v) is 3.51. The molecule has 1 amide bonds. The number of benzene rings is 1. The normalized spacial score (nSPS) is 11.8. The predicted molar refractivity (Wildman–Crippen MR) is 80.5 cm³/mol. The standard InChI is InChI=1S/C15H22N4O/c1-4-19(9-15(2,3)8-16)14(20)11-5-6-12-13(7-11)18-10-17-12/h5-7,10H,4,8-9,16H2,1-3H3,(H,17,18). The summed E-state index contributed by atoms with van der Waals surface area (Å²) in [6, 6.07) is 5.54. The van der Waals surface area contributed by atoms with Crippen LogP contribution in [-0.4, -0.2) is 40.4 Å². The van der Waals surface area contributed by atoms with Gasteiger partial charge in [0, 0.05) is 18.7 Å². The molecular formula is C15H22N4O. The van der Waals surface area contributed by atoms with Crippen LogP contribution in [0.25, 0.3) is 11.0 Å². The molecule has 2 rings (SSSR count). The van der Waals surface area contributed by atoms with Gasteiger partial charge in [-0.05, 0) is 37.1 Å². The van der Waals surface area contributed by atoms with E-state index in [9.17, 15) is 4.79 Å². The highest BCUT2D eigenvalue weighted by molar-refractivity contribution is 5.97. The first-order valence-corrected chi connectivity index (χ1v) is 6.89. The average Bonchev–Trinajstić information content (AvgIpc) is 2.91. The zero-order valence-corrected chi connectivity index (χ0v) is 12.3. The van der Waals surface area contributed by atoms with E-state index < -0.39 is 0 Å². The van der Waals surface area contributed by atoms with Crippen molar-refractivity contribution in [3.63, 3.8) is 0 Å². The summed E-state index contributed by atoms with van der Waals surface area (Å²) in [6.07, 6.45) is 1.63. The fourth-order valence-electron chi connectivity index (χ4n) is 2.16. The molecule has 20 heavy (non-hydrogen) atoms. The molecule has 2 aromatic rings. The number of hydrogen-bond acceptors (Lipinski definition) is 3. The van der Waals surface area contributed by atoms with Crippen LogP contribution in [0.4, 0.5) is 0 Å². The lowest BCUT2D eigenvalue weighted by molar-refractivity contribution is 0.0701. The number of nitrogens with one attached hydrogen (secondary N) is 1. The molecule has 0 spiro atoms. The van der Waals surface area contributed by atoms with E-state index in [-0.39, 0.29) is 11.3 Å². The van der Waals surface area contributed by atoms with Gasteiger partial charge in [0.1, 0.15) is 0 Å². The Morgan fingerprint density at radius 1 is 1.45 bits per heavy atom. The zero-order chi connectivity index (χ0) is 14.8. The van der Waals surface area contributed by atoms with Crippen molar-refractivity contribution in [2.24, 2.45) is 11.1 Å². The fraction of sp³-hybridized carbons (Fsp3) is 0.467. The van der Waals surface area contributed by atoms with Crippen LogP contribution < -0.4 is 5.73 Å². The Bertz CT molecular complexity index is 603. The van der Waals surface area contributed by atoms with E-state index in [1.54, 1.807) is 6.33 Å². The van der Waals surface area contributed by atoms with Gasteiger partial charge in [0.25, 0.3) is 5.91 Å². The molecule has 0 aliphatic carbocycles. The van der Waals surface area contributed by atoms with Crippen molar-refractivity contribution >= 4 is 16.9 Å². The van der Waals surface area contributed by atoms with Crippen molar-refractivity contribution in [1.29, 1.82) is 0 Å². The van der Waals surface area contributed by atoms with E-state index in [2.05, 4.69) is 23.8 Å². The first kappa shape index (κ1) is 14.5. The molecule has 3 N–H and O–H groups in total. The molecule has 0 radical (unpaired) electrons. The lowest BCUT2D eigenvalue weighted by Gasteiger charge is -2.31. The van der Waals surface area contributed by atoms with Gasteiger partial charge in [0.2, 0.25) is 0 Å². The first-order valence-electron chi connectivity index (χ1n) is 6.89. The SMILES string of the molecule is CCN(CC(C)(C)CN)C(=O)c1ccc2nc[nH]c2c1. The molecule has 0 fully saturated rings. The second-order valence-corrected chi connectivity index (χ2v) is 5.82. The van der Waals surface area contributed by atoms with Crippen molar-refractivity contribution in [2.75, 3.05) is 19.6 Å². The number of imidazole rings is 1. The molecule has 0 bridgehead atoms. The topological polar surface area (TPSA) is 75.0 Å². The van der Waals surface area contributed by atoms with E-state index in [0.717, 1.165) is 11.0 Å². The number of nitrogens with two attached hydrogens (primary N) is 1. The number of rotatable bonds is 5. The van der Waals surface area contributed by atoms with E-state index in [1.165, 1.54) is 0 Å². The van der Waals surface area contributed by atoms with Crippen molar-refractivity contribution in [1.82, 2.24) is 14.9 Å². The van der Waals surface area contributed by atoms with Crippen LogP contribution in [0, 0.1) is 5.41 Å². The Balaban J connectivity index is 2.23. The first-order chi connectivity index (χ1) is 9.46. The Morgan fingerprint density at radius 2 is 2.20 bits per heavy atom. The largest absolute Gasteiger partial charge is 0.345 e. The average molecular weight is 274 g/mol. The molecule has 5 heteroatoms. The number of aromatic amines is 1. The number of hydrogen-bond donors (Lipinski definition) is 2. The number of H-pyrrole nitrogens is 1. The highest BCUT2D eigenvalue weighted by Gasteiger charge is 2.23. The van der Waals surface area contributed by atoms with Crippen LogP contribution >= 0.6 is 0 Å². The Kier molecular flexibility index (Phi) is 4.09. The van der Waals surface area contributed by atoms with Gasteiger partial charge >= 0.3 is 0 Å². The number of amides is 1. The van der Waals surface area contributed by atoms with Gasteiger partial charge in [-0.15, -0.1) is 0 Å². The molecule has 0 aliphatic rings. The van der Waals surface area contributed by atoms with Gasteiger partial charge in [-0.25, -0.2) is 4.98 Å². The molecule has 1 heterocycles. The van der Waals surface area contributed by atoms with E-state index in [0.29, 0.717) is 25.2 Å². The smallest absolute Gasteiger partial charge is 0.253 e. The van der Waals surface area contributed by atoms with Gasteiger partial charge in [0.05, 0.1) is 17.4 Å². The molecule has 0 unspecified atom stereocenters. The third-order valence-electron chi connectivity index (χ3n) is 3.51. The van der Waals surface area contributed by atoms with Gasteiger partial charge in [-0.1, -0.05) is 13.8 Å². The monoisotopic (exact) mass is 274 g/mol. The summed E-state index contributed by atoms with van der Waals surface area (Å²) < 4.78 is 0. The maximum Gasteiger partial charge on any atom is 0.253 e. The summed E-state index contributed by atoms with van der Waals surface area (Å²) in [5.41, 5.74) is 8.10. The van der Waals surface area contributed by atoms with Gasteiger partial charge in [-0.2, -0.15) is 0 Å². The Hall–Kier alpha value is -1.88. The molecule has 0 aliphatic heterocycles. The predicted octanol–water partition coefficient (Wildman–Crippen LogP) is 2.01. The zero-order valence-electron chi connectivity index (χ0n) is 12.3. The second-order valence-electron chi connectivity index (χ2n) is 5.82. The molecule has 108 valence electrons. The minimum absolute atomic E-state index is 0.0329. The maximum absolute atomic E-state index is 12.6. The quantitative estimate of drug-likeness (QED) is 0.875. The van der Waals surface area contributed by atoms with E-state index in [4.69, 9.17) is 5.73 Å². The highest BCUT2D eigenvalue weighted by atomic mass is 16.2. The highest BCUT2D eigenvalue weighted by Crippen LogP contribution is 2.18. The van der Waals surface area contributed by atoms with Crippen LogP contribution in [0.3, 0.4) is 0 Å². The van der Waals surface area contributed by atoms with Gasteiger partial charge in [-0.3, -0.25) is 4.79 Å². The maximum atomic E-state index is 12.6. The summed E-state index contributed by atoms with van der Waals surface area (Å²) in [7, 11) is 0. The van der Waals surface area contributed by atoms with E-state index >= 15 is 0 Å². The van der Waals surface area contributed by atoms with Crippen molar-refractivity contribution in [3.8, 4) is 0 Å². The summed E-state index contributed by atoms with van der Waals surface area (Å²) in [6.45, 7) is 8.00. The molecular weight excluding hydrogens is 252 g/mol. The summed E-state index contributed by atoms with van der Waals surface area (Å²) in [4.78, 5) is 21.6. The lowest BCUT2D eigenvalue weighted by atomic mass is 9.93. The number of carbonyl (C=O) groups excluding carboxylic acids is 1. The molecule has 1 aromatic carbocycles. The van der Waals surface area contributed by atoms with Crippen LogP contribution in [0.15, 0.2) is 24.5 Å². The van der Waals surface area contributed by atoms with Crippen LogP contribution in [0.5, 0.6) is 0 Å². The molecule has 0 saturated carbocycles. The third kappa shape index (κ3) is 2.99. The van der Waals surface area contributed by atoms with E-state index in [1.807, 2.05) is 30.0 Å². The van der Waals surface area contributed by atoms with Crippen LogP contribution in [0.1, 0.15) is 31.1 Å². The summed E-state index contributed by atoms with van der Waals surface area (Å²) >= 11 is 0. The van der Waals surface area contributed by atoms with Crippen molar-refractivity contribution < 1.29 is 4.79 Å². The minimum Gasteiger partial charge on any atom is -0.345 e. The number of carbonyl (C=O) groups is 1. The van der Waals surface area contributed by atoms with Crippen LogP contribution in [0.2, 0.25) is 0 Å². The summed E-state index contributed by atoms with van der Waals surface area (Å²) in [5.74, 6) is 0.0329. The Labute approximate surface area is 119 Å². The molecule has 1 aromatic heterocycles. The number of fused-ring (bicyclic) bond motifs is 1. The summed E-state index contributed by atoms with van der Waals surface area (Å²) in [5, 5.41) is 0. The fourth-order valence-corrected chi connectivity index (χ4v) is 2.16. The second kappa shape index (κ2) is 5.63. The lowest BCUT2D eigenvalue weighted by Crippen LogP contribution is -2.41. The van der Waals surface area contributed by atoms with Gasteiger partial charge in [0.15, 0.2) is 0 Å².